The highest BCUT2D eigenvalue weighted by molar-refractivity contribution is 5.65. The Labute approximate surface area is 189 Å². The Morgan fingerprint density at radius 1 is 0.710 bits per heavy atom. The lowest BCUT2D eigenvalue weighted by Crippen LogP contribution is -2.26. The first-order chi connectivity index (χ1) is 14.7. The van der Waals surface area contributed by atoms with Gasteiger partial charge in [0.15, 0.2) is 0 Å². The van der Waals surface area contributed by atoms with Gasteiger partial charge in [-0.25, -0.2) is 0 Å². The van der Waals surface area contributed by atoms with Gasteiger partial charge >= 0.3 is 0 Å². The number of hydrogen-bond acceptors (Lipinski definition) is 0. The Morgan fingerprint density at radius 3 is 1.65 bits per heavy atom. The van der Waals surface area contributed by atoms with Gasteiger partial charge in [0.25, 0.3) is 6.08 Å². The van der Waals surface area contributed by atoms with Gasteiger partial charge in [0.05, 0.1) is 0 Å². The number of benzene rings is 1. The summed E-state index contributed by atoms with van der Waals surface area (Å²) in [5.41, 5.74) is 10.2. The predicted octanol–water partition coefficient (Wildman–Crippen LogP) is 9.42. The van der Waals surface area contributed by atoms with E-state index in [2.05, 4.69) is 47.6 Å². The average Bonchev–Trinajstić information content (AvgIpc) is 2.78. The molecule has 1 aromatic carbocycles. The minimum Gasteiger partial charge on any atom is -0.174 e. The van der Waals surface area contributed by atoms with E-state index in [9.17, 15) is 8.78 Å². The van der Waals surface area contributed by atoms with Crippen LogP contribution in [0.3, 0.4) is 0 Å². The number of allylic oxidation sites excluding steroid dienone is 2. The van der Waals surface area contributed by atoms with E-state index < -0.39 is 6.08 Å². The Morgan fingerprint density at radius 2 is 1.16 bits per heavy atom. The first-order valence-corrected chi connectivity index (χ1v) is 12.4. The molecule has 2 aliphatic rings. The molecule has 0 nitrogen and oxygen atoms in total. The van der Waals surface area contributed by atoms with Gasteiger partial charge in [-0.05, 0) is 162 Å². The molecule has 2 heteroatoms. The maximum atomic E-state index is 12.4. The van der Waals surface area contributed by atoms with Gasteiger partial charge in [0.2, 0.25) is 0 Å². The average molecular weight is 429 g/mol. The van der Waals surface area contributed by atoms with Crippen molar-refractivity contribution in [3.8, 4) is 0 Å². The largest absolute Gasteiger partial charge is 0.266 e. The maximum absolute atomic E-state index is 12.4. The molecule has 31 heavy (non-hydrogen) atoms. The Bertz CT molecular complexity index is 796. The molecule has 0 spiro atoms. The van der Waals surface area contributed by atoms with Crippen molar-refractivity contribution in [1.29, 1.82) is 0 Å². The summed E-state index contributed by atoms with van der Waals surface area (Å²) in [6.07, 6.45) is 12.7. The van der Waals surface area contributed by atoms with E-state index in [4.69, 9.17) is 0 Å². The zero-order chi connectivity index (χ0) is 22.7. The van der Waals surface area contributed by atoms with Crippen LogP contribution in [0.5, 0.6) is 0 Å². The fourth-order valence-corrected chi connectivity index (χ4v) is 6.29. The standard InChI is InChI=1S/C29H42F2/c1-18(17-28-22(5)20(3)19(2)21(4)23(28)6)25-12-14-27(15-13-25)26-10-7-24(8-11-26)9-16-29(30)31/h16-17,24-27H,7-15H2,1-6H3. The fourth-order valence-electron chi connectivity index (χ4n) is 6.29. The molecule has 2 saturated carbocycles. The predicted molar refractivity (Wildman–Crippen MR) is 130 cm³/mol. The topological polar surface area (TPSA) is 0 Å². The van der Waals surface area contributed by atoms with Crippen molar-refractivity contribution in [1.82, 2.24) is 0 Å². The summed E-state index contributed by atoms with van der Waals surface area (Å²) in [6, 6.07) is 0. The maximum Gasteiger partial charge on any atom is 0.266 e. The van der Waals surface area contributed by atoms with E-state index in [1.807, 2.05) is 0 Å². The fraction of sp³-hybridized carbons (Fsp3) is 0.655. The number of hydrogen-bond donors (Lipinski definition) is 0. The lowest BCUT2D eigenvalue weighted by Gasteiger charge is -2.38. The number of rotatable bonds is 5. The van der Waals surface area contributed by atoms with Crippen LogP contribution in [0.15, 0.2) is 17.7 Å². The summed E-state index contributed by atoms with van der Waals surface area (Å²) in [6.45, 7) is 13.7. The normalized spacial score (nSPS) is 27.3. The van der Waals surface area contributed by atoms with E-state index in [0.29, 0.717) is 18.3 Å². The molecule has 0 bridgehead atoms. The Balaban J connectivity index is 1.58. The summed E-state index contributed by atoms with van der Waals surface area (Å²) in [4.78, 5) is 0. The van der Waals surface area contributed by atoms with Crippen molar-refractivity contribution < 1.29 is 8.78 Å². The molecule has 1 aromatic rings. The molecule has 2 fully saturated rings. The van der Waals surface area contributed by atoms with Crippen LogP contribution in [-0.4, -0.2) is 0 Å². The van der Waals surface area contributed by atoms with Crippen LogP contribution in [0.2, 0.25) is 0 Å². The van der Waals surface area contributed by atoms with Crippen LogP contribution in [0.25, 0.3) is 6.08 Å². The van der Waals surface area contributed by atoms with E-state index in [-0.39, 0.29) is 0 Å². The Kier molecular flexibility index (Phi) is 8.16. The third-order valence-corrected chi connectivity index (χ3v) is 9.01. The molecular weight excluding hydrogens is 386 g/mol. The molecule has 2 aliphatic carbocycles. The molecule has 0 aromatic heterocycles. The van der Waals surface area contributed by atoms with Gasteiger partial charge in [-0.1, -0.05) is 11.6 Å². The third-order valence-electron chi connectivity index (χ3n) is 9.01. The Hall–Kier alpha value is -1.44. The first kappa shape index (κ1) is 24.2. The third kappa shape index (κ3) is 5.68. The van der Waals surface area contributed by atoms with E-state index in [1.165, 1.54) is 71.9 Å². The molecule has 0 saturated heterocycles. The molecule has 0 amide bonds. The zero-order valence-electron chi connectivity index (χ0n) is 20.6. The molecule has 0 unspecified atom stereocenters. The van der Waals surface area contributed by atoms with E-state index in [1.54, 1.807) is 5.57 Å². The number of halogens is 2. The second-order valence-corrected chi connectivity index (χ2v) is 10.5. The lowest BCUT2D eigenvalue weighted by atomic mass is 9.68. The van der Waals surface area contributed by atoms with E-state index >= 15 is 0 Å². The van der Waals surface area contributed by atoms with Crippen LogP contribution >= 0.6 is 0 Å². The van der Waals surface area contributed by atoms with Crippen molar-refractivity contribution in [2.45, 2.75) is 99.3 Å². The molecule has 0 N–H and O–H groups in total. The molecule has 0 radical (unpaired) electrons. The van der Waals surface area contributed by atoms with Gasteiger partial charge in [-0.2, -0.15) is 8.78 Å². The summed E-state index contributed by atoms with van der Waals surface area (Å²) in [7, 11) is 0. The van der Waals surface area contributed by atoms with Crippen molar-refractivity contribution in [3.63, 3.8) is 0 Å². The smallest absolute Gasteiger partial charge is 0.174 e. The van der Waals surface area contributed by atoms with Crippen molar-refractivity contribution in [2.75, 3.05) is 0 Å². The molecule has 0 heterocycles. The summed E-state index contributed by atoms with van der Waals surface area (Å²) in [5, 5.41) is 0. The summed E-state index contributed by atoms with van der Waals surface area (Å²) < 4.78 is 24.7. The molecular formula is C29H42F2. The zero-order valence-corrected chi connectivity index (χ0v) is 20.6. The van der Waals surface area contributed by atoms with Gasteiger partial charge in [0, 0.05) is 0 Å². The van der Waals surface area contributed by atoms with Gasteiger partial charge in [-0.15, -0.1) is 0 Å². The van der Waals surface area contributed by atoms with Crippen molar-refractivity contribution >= 4 is 6.08 Å². The first-order valence-electron chi connectivity index (χ1n) is 12.4. The van der Waals surface area contributed by atoms with Gasteiger partial charge in [-0.3, -0.25) is 0 Å². The quantitative estimate of drug-likeness (QED) is 0.438. The van der Waals surface area contributed by atoms with Crippen LogP contribution in [-0.2, 0) is 0 Å². The highest BCUT2D eigenvalue weighted by Crippen LogP contribution is 2.44. The van der Waals surface area contributed by atoms with Crippen LogP contribution in [0, 0.1) is 58.3 Å². The minimum atomic E-state index is -1.51. The van der Waals surface area contributed by atoms with Crippen LogP contribution < -0.4 is 0 Å². The van der Waals surface area contributed by atoms with Crippen molar-refractivity contribution in [3.05, 3.63) is 51.1 Å². The molecule has 0 atom stereocenters. The van der Waals surface area contributed by atoms with Gasteiger partial charge in [0.1, 0.15) is 0 Å². The minimum absolute atomic E-state index is 0.479. The molecule has 172 valence electrons. The monoisotopic (exact) mass is 428 g/mol. The summed E-state index contributed by atoms with van der Waals surface area (Å²) in [5.74, 6) is 2.87. The van der Waals surface area contributed by atoms with Crippen LogP contribution in [0.1, 0.15) is 98.1 Å². The summed E-state index contributed by atoms with van der Waals surface area (Å²) >= 11 is 0. The van der Waals surface area contributed by atoms with Crippen LogP contribution in [0.4, 0.5) is 8.78 Å². The van der Waals surface area contributed by atoms with Crippen molar-refractivity contribution in [2.24, 2.45) is 23.7 Å². The van der Waals surface area contributed by atoms with E-state index in [0.717, 1.165) is 30.8 Å². The molecule has 0 aliphatic heterocycles. The SMILES string of the molecule is CC(=Cc1c(C)c(C)c(C)c(C)c1C)C1CCC(C2CCC(CC=C(F)F)CC2)CC1. The highest BCUT2D eigenvalue weighted by Gasteiger charge is 2.31. The second kappa shape index (κ2) is 10.5. The molecule has 3 rings (SSSR count). The lowest BCUT2D eigenvalue weighted by molar-refractivity contribution is 0.154. The second-order valence-electron chi connectivity index (χ2n) is 10.5. The van der Waals surface area contributed by atoms with Gasteiger partial charge < -0.3 is 0 Å². The highest BCUT2D eigenvalue weighted by atomic mass is 19.3.